The molecule has 0 spiro atoms. The van der Waals surface area contributed by atoms with Crippen LogP contribution in [0.2, 0.25) is 0 Å². The molecule has 0 saturated carbocycles. The van der Waals surface area contributed by atoms with Gasteiger partial charge in [-0.2, -0.15) is 0 Å². The monoisotopic (exact) mass is 264 g/mol. The molecule has 0 aliphatic carbocycles. The fourth-order valence-corrected chi connectivity index (χ4v) is 0.833. The number of rotatable bonds is 6. The van der Waals surface area contributed by atoms with Gasteiger partial charge in [0.15, 0.2) is 0 Å². The van der Waals surface area contributed by atoms with Gasteiger partial charge >= 0.3 is 0 Å². The Morgan fingerprint density at radius 1 is 1.17 bits per heavy atom. The van der Waals surface area contributed by atoms with E-state index in [0.29, 0.717) is 25.9 Å². The Bertz CT molecular complexity index is 202. The highest BCUT2D eigenvalue weighted by Gasteiger charge is 2.06. The van der Waals surface area contributed by atoms with Crippen molar-refractivity contribution in [2.24, 2.45) is 11.7 Å². The third-order valence-corrected chi connectivity index (χ3v) is 1.71. The fourth-order valence-electron chi connectivity index (χ4n) is 0.833. The maximum atomic E-state index is 11.1. The molecular formula is C14H36N2O2. The summed E-state index contributed by atoms with van der Waals surface area (Å²) < 4.78 is 0. The Labute approximate surface area is 116 Å². The van der Waals surface area contributed by atoms with E-state index in [1.165, 1.54) is 6.42 Å². The molecule has 0 saturated heterocycles. The molecule has 0 aliphatic rings. The predicted molar refractivity (Wildman–Crippen MR) is 82.7 cm³/mol. The van der Waals surface area contributed by atoms with Crippen LogP contribution in [0, 0.1) is 5.92 Å². The first-order chi connectivity index (χ1) is 8.49. The van der Waals surface area contributed by atoms with Crippen LogP contribution in [-0.2, 0) is 9.59 Å². The number of ketones is 1. The number of hydrogen-bond donors (Lipinski definition) is 2. The van der Waals surface area contributed by atoms with Crippen molar-refractivity contribution < 1.29 is 12.4 Å². The summed E-state index contributed by atoms with van der Waals surface area (Å²) in [5.41, 5.74) is 5.18. The van der Waals surface area contributed by atoms with Gasteiger partial charge in [-0.15, -0.1) is 0 Å². The van der Waals surface area contributed by atoms with Crippen molar-refractivity contribution in [3.05, 3.63) is 0 Å². The second kappa shape index (κ2) is 18.5. The first-order valence-electron chi connectivity index (χ1n) is 6.98. The molecule has 0 rings (SSSR count). The van der Waals surface area contributed by atoms with Crippen LogP contribution in [0.15, 0.2) is 0 Å². The summed E-state index contributed by atoms with van der Waals surface area (Å²) in [6.07, 6.45) is 1.99. The van der Waals surface area contributed by atoms with Gasteiger partial charge in [0.25, 0.3) is 0 Å². The van der Waals surface area contributed by atoms with Gasteiger partial charge in [0.2, 0.25) is 5.91 Å². The number of nitrogens with two attached hydrogens (primary N) is 1. The zero-order valence-electron chi connectivity index (χ0n) is 13.0. The number of carbonyl (C=O) groups excluding carboxylic acids is 2. The third-order valence-electron chi connectivity index (χ3n) is 1.71. The van der Waals surface area contributed by atoms with Crippen molar-refractivity contribution in [3.63, 3.8) is 0 Å². The van der Waals surface area contributed by atoms with Crippen LogP contribution in [0.3, 0.4) is 0 Å². The van der Waals surface area contributed by atoms with Crippen LogP contribution in [0.1, 0.15) is 63.7 Å². The number of amides is 1. The highest BCUT2D eigenvalue weighted by atomic mass is 16.1. The molecule has 0 heterocycles. The van der Waals surface area contributed by atoms with Gasteiger partial charge in [0, 0.05) is 34.7 Å². The SMILES string of the molecule is CC.CC(C)C(=O)CCNC(=O)CCN.CCC.[HH].[HH]. The Hall–Kier alpha value is -0.900. The van der Waals surface area contributed by atoms with E-state index in [9.17, 15) is 9.59 Å². The largest absolute Gasteiger partial charge is 0.356 e. The van der Waals surface area contributed by atoms with Gasteiger partial charge in [0.05, 0.1) is 0 Å². The zero-order valence-corrected chi connectivity index (χ0v) is 13.0. The molecule has 0 bridgehead atoms. The lowest BCUT2D eigenvalue weighted by Gasteiger charge is -2.05. The van der Waals surface area contributed by atoms with Crippen molar-refractivity contribution in [2.75, 3.05) is 13.1 Å². The van der Waals surface area contributed by atoms with E-state index in [4.69, 9.17) is 5.73 Å². The van der Waals surface area contributed by atoms with Gasteiger partial charge in [-0.1, -0.05) is 48.0 Å². The van der Waals surface area contributed by atoms with Crippen LogP contribution in [0.5, 0.6) is 0 Å². The average molecular weight is 264 g/mol. The molecule has 4 nitrogen and oxygen atoms in total. The molecule has 0 radical (unpaired) electrons. The smallest absolute Gasteiger partial charge is 0.221 e. The lowest BCUT2D eigenvalue weighted by molar-refractivity contribution is -0.122. The number of Topliss-reactive ketones (excluding diaryl/α,β-unsaturated/α-hetero) is 1. The minimum atomic E-state index is -0.0842. The molecule has 1 amide bonds. The molecule has 18 heavy (non-hydrogen) atoms. The Morgan fingerprint density at radius 2 is 1.61 bits per heavy atom. The number of nitrogens with one attached hydrogen (secondary N) is 1. The number of carbonyl (C=O) groups is 2. The second-order valence-corrected chi connectivity index (χ2v) is 3.97. The minimum absolute atomic E-state index is 0. The lowest BCUT2D eigenvalue weighted by atomic mass is 10.1. The molecule has 114 valence electrons. The zero-order chi connectivity index (χ0) is 15.0. The quantitative estimate of drug-likeness (QED) is 0.774. The van der Waals surface area contributed by atoms with Gasteiger partial charge in [-0.3, -0.25) is 9.59 Å². The van der Waals surface area contributed by atoms with Crippen LogP contribution < -0.4 is 11.1 Å². The topological polar surface area (TPSA) is 72.2 Å². The lowest BCUT2D eigenvalue weighted by Crippen LogP contribution is -2.28. The maximum Gasteiger partial charge on any atom is 0.221 e. The van der Waals surface area contributed by atoms with E-state index in [-0.39, 0.29) is 20.5 Å². The van der Waals surface area contributed by atoms with E-state index in [0.717, 1.165) is 0 Å². The van der Waals surface area contributed by atoms with E-state index < -0.39 is 0 Å². The van der Waals surface area contributed by atoms with Gasteiger partial charge < -0.3 is 11.1 Å². The Morgan fingerprint density at radius 3 is 1.94 bits per heavy atom. The Balaban J connectivity index is -0.0000000944. The molecule has 0 fully saturated rings. The van der Waals surface area contributed by atoms with Crippen LogP contribution in [0.25, 0.3) is 0 Å². The summed E-state index contributed by atoms with van der Waals surface area (Å²) in [6, 6.07) is 0. The van der Waals surface area contributed by atoms with Crippen LogP contribution in [-0.4, -0.2) is 24.8 Å². The summed E-state index contributed by atoms with van der Waals surface area (Å²) in [6.45, 7) is 12.7. The van der Waals surface area contributed by atoms with Crippen molar-refractivity contribution in [3.8, 4) is 0 Å². The molecule has 0 aromatic heterocycles. The van der Waals surface area contributed by atoms with Crippen LogP contribution >= 0.6 is 0 Å². The molecule has 0 unspecified atom stereocenters. The van der Waals surface area contributed by atoms with E-state index in [1.54, 1.807) is 0 Å². The van der Waals surface area contributed by atoms with Gasteiger partial charge in [-0.05, 0) is 0 Å². The van der Waals surface area contributed by atoms with Crippen molar-refractivity contribution >= 4 is 11.7 Å². The summed E-state index contributed by atoms with van der Waals surface area (Å²) >= 11 is 0. The normalized spacial score (nSPS) is 8.67. The fraction of sp³-hybridized carbons (Fsp3) is 0.857. The van der Waals surface area contributed by atoms with Crippen molar-refractivity contribution in [1.29, 1.82) is 0 Å². The molecular weight excluding hydrogens is 228 g/mol. The molecule has 4 heteroatoms. The first kappa shape index (κ1) is 22.3. The molecule has 0 atom stereocenters. The predicted octanol–water partition coefficient (Wildman–Crippen LogP) is 3.00. The minimum Gasteiger partial charge on any atom is -0.356 e. The number of hydrogen-bond acceptors (Lipinski definition) is 3. The van der Waals surface area contributed by atoms with Crippen molar-refractivity contribution in [1.82, 2.24) is 5.32 Å². The van der Waals surface area contributed by atoms with E-state index >= 15 is 0 Å². The van der Waals surface area contributed by atoms with E-state index in [1.807, 2.05) is 27.7 Å². The molecule has 3 N–H and O–H groups in total. The maximum absolute atomic E-state index is 11.1. The van der Waals surface area contributed by atoms with Crippen LogP contribution in [0.4, 0.5) is 0 Å². The summed E-state index contributed by atoms with van der Waals surface area (Å²) in [4.78, 5) is 22.0. The summed E-state index contributed by atoms with van der Waals surface area (Å²) in [7, 11) is 0. The first-order valence-corrected chi connectivity index (χ1v) is 6.98. The highest BCUT2D eigenvalue weighted by molar-refractivity contribution is 5.81. The highest BCUT2D eigenvalue weighted by Crippen LogP contribution is 1.96. The van der Waals surface area contributed by atoms with Gasteiger partial charge in [0.1, 0.15) is 5.78 Å². The standard InChI is InChI=1S/C9H18N2O2.C3H8.C2H6.2H2/c1-7(2)8(12)4-6-11-9(13)3-5-10;1-3-2;1-2;;/h7H,3-6,10H2,1-2H3,(H,11,13);3H2,1-2H3;1-2H3;2*1H. The second-order valence-electron chi connectivity index (χ2n) is 3.97. The average Bonchev–Trinajstić information content (AvgIpc) is 2.32. The van der Waals surface area contributed by atoms with Crippen molar-refractivity contribution in [2.45, 2.75) is 60.8 Å². The Kier molecular flexibility index (Phi) is 22.9. The molecule has 0 aliphatic heterocycles. The van der Waals surface area contributed by atoms with Gasteiger partial charge in [-0.25, -0.2) is 0 Å². The third kappa shape index (κ3) is 20.5. The molecule has 0 aromatic rings. The summed E-state index contributed by atoms with van der Waals surface area (Å²) in [5.74, 6) is 0.138. The van der Waals surface area contributed by atoms with E-state index in [2.05, 4.69) is 19.2 Å². The molecule has 0 aromatic carbocycles. The summed E-state index contributed by atoms with van der Waals surface area (Å²) in [5, 5.41) is 2.63.